The number of benzene rings is 1. The van der Waals surface area contributed by atoms with E-state index < -0.39 is 47.5 Å². The van der Waals surface area contributed by atoms with Crippen LogP contribution in [-0.2, 0) is 19.1 Å². The van der Waals surface area contributed by atoms with Crippen molar-refractivity contribution in [3.63, 3.8) is 0 Å². The topological polar surface area (TPSA) is 162 Å². The molecule has 1 saturated heterocycles. The molecule has 1 aliphatic heterocycles. The molecule has 5 rings (SSSR count). The van der Waals surface area contributed by atoms with Crippen LogP contribution in [0.25, 0.3) is 10.9 Å². The summed E-state index contributed by atoms with van der Waals surface area (Å²) in [6.07, 6.45) is 9.44. The van der Waals surface area contributed by atoms with Gasteiger partial charge in [-0.2, -0.15) is 0 Å². The minimum Gasteiger partial charge on any atom is -0.488 e. The molecule has 2 aromatic rings. The number of hydrogen-bond donors (Lipinski definition) is 3. The second kappa shape index (κ2) is 17.2. The zero-order valence-electron chi connectivity index (χ0n) is 32.5. The Morgan fingerprint density at radius 3 is 2.56 bits per heavy atom. The van der Waals surface area contributed by atoms with Crippen molar-refractivity contribution in [3.05, 3.63) is 41.7 Å². The fourth-order valence-corrected chi connectivity index (χ4v) is 7.35. The van der Waals surface area contributed by atoms with Gasteiger partial charge in [-0.25, -0.2) is 14.2 Å². The third kappa shape index (κ3) is 11.2. The van der Waals surface area contributed by atoms with E-state index in [-0.39, 0.29) is 47.4 Å². The van der Waals surface area contributed by atoms with E-state index in [2.05, 4.69) is 34.1 Å². The number of nitrogens with two attached hydrogens (primary N) is 1. The Hall–Kier alpha value is -4.07. The van der Waals surface area contributed by atoms with Gasteiger partial charge in [-0.15, -0.1) is 0 Å². The fourth-order valence-electron chi connectivity index (χ4n) is 6.55. The van der Waals surface area contributed by atoms with Crippen molar-refractivity contribution in [1.82, 2.24) is 19.9 Å². The van der Waals surface area contributed by atoms with Gasteiger partial charge in [-0.1, -0.05) is 25.0 Å². The number of aryl methyl sites for hydroxylation is 1. The number of pyridine rings is 1. The van der Waals surface area contributed by atoms with Crippen molar-refractivity contribution in [3.8, 4) is 11.6 Å². The molecular weight excluding hydrogens is 714 g/mol. The molecule has 2 aliphatic carbocycles. The number of carbonyl (C=O) groups excluding carboxylic acids is 4. The van der Waals surface area contributed by atoms with Crippen LogP contribution in [-0.4, -0.2) is 74.9 Å². The Morgan fingerprint density at radius 2 is 1.89 bits per heavy atom. The molecule has 2 saturated carbocycles. The van der Waals surface area contributed by atoms with Gasteiger partial charge in [-0.05, 0) is 117 Å². The molecule has 12 nitrogen and oxygen atoms in total. The monoisotopic (exact) mass is 769 g/mol. The molecule has 0 spiro atoms. The lowest BCUT2D eigenvalue weighted by Gasteiger charge is -2.28. The highest BCUT2D eigenvalue weighted by atomic mass is 32.2. The number of hydrogen-bond acceptors (Lipinski definition) is 9. The summed E-state index contributed by atoms with van der Waals surface area (Å²) in [5.74, 6) is -0.477. The molecule has 2 heterocycles. The minimum absolute atomic E-state index is 0.0340. The molecular formula is C40H56FN5O7S. The van der Waals surface area contributed by atoms with E-state index in [1.165, 1.54) is 11.0 Å². The maximum Gasteiger partial charge on any atom is 0.408 e. The lowest BCUT2D eigenvalue weighted by molar-refractivity contribution is -0.139. The number of carbonyl (C=O) groups is 4. The van der Waals surface area contributed by atoms with Gasteiger partial charge in [0, 0.05) is 34.1 Å². The number of alkyl carbamates (subject to hydrolysis) is 1. The smallest absolute Gasteiger partial charge is 0.408 e. The van der Waals surface area contributed by atoms with E-state index in [9.17, 15) is 23.6 Å². The number of ether oxygens (including phenoxy) is 3. The van der Waals surface area contributed by atoms with Crippen LogP contribution in [0.3, 0.4) is 0 Å². The first-order chi connectivity index (χ1) is 25.4. The first-order valence-corrected chi connectivity index (χ1v) is 19.9. The molecule has 5 atom stereocenters. The van der Waals surface area contributed by atoms with E-state index in [4.69, 9.17) is 19.9 Å². The number of rotatable bonds is 17. The number of likely N-dealkylation sites (tertiary alicyclic amines) is 1. The SMILES string of the molecule is Cc1c(F)ccc2c(O[C@@H]3CC(C(N)=O)N(C(=O)[C@H](CCCCC/C=C\C4CC4C(=O)NSC4(C)CC4)NC(=O)OC(C)(C)C)C3)cc(OC(C)C)nc12. The molecule has 3 fully saturated rings. The number of allylic oxidation sites excluding steroid dienone is 2. The molecule has 4 amide bonds. The van der Waals surface area contributed by atoms with Crippen molar-refractivity contribution < 1.29 is 37.8 Å². The summed E-state index contributed by atoms with van der Waals surface area (Å²) < 4.78 is 35.5. The Bertz CT molecular complexity index is 1740. The van der Waals surface area contributed by atoms with Crippen LogP contribution in [0.5, 0.6) is 11.6 Å². The quantitative estimate of drug-likeness (QED) is 0.0908. The Balaban J connectivity index is 1.20. The van der Waals surface area contributed by atoms with Gasteiger partial charge >= 0.3 is 6.09 Å². The van der Waals surface area contributed by atoms with Gasteiger partial charge in [-0.3, -0.25) is 19.1 Å². The van der Waals surface area contributed by atoms with Crippen LogP contribution in [0, 0.1) is 24.6 Å². The number of aromatic nitrogens is 1. The summed E-state index contributed by atoms with van der Waals surface area (Å²) in [5, 5.41) is 3.30. The van der Waals surface area contributed by atoms with Gasteiger partial charge in [0.1, 0.15) is 35.4 Å². The molecule has 1 aromatic carbocycles. The molecule has 1 aromatic heterocycles. The maximum atomic E-state index is 14.5. The number of amides is 4. The van der Waals surface area contributed by atoms with E-state index >= 15 is 0 Å². The lowest BCUT2D eigenvalue weighted by atomic mass is 10.0. The van der Waals surface area contributed by atoms with Crippen LogP contribution < -0.4 is 25.2 Å². The summed E-state index contributed by atoms with van der Waals surface area (Å²) in [6, 6.07) is 2.61. The molecule has 0 bridgehead atoms. The molecule has 14 heteroatoms. The van der Waals surface area contributed by atoms with Crippen LogP contribution >= 0.6 is 11.9 Å². The lowest BCUT2D eigenvalue weighted by Crippen LogP contribution is -2.53. The second-order valence-electron chi connectivity index (χ2n) is 16.4. The average Bonchev–Trinajstić information content (AvgIpc) is 3.99. The predicted octanol–water partition coefficient (Wildman–Crippen LogP) is 6.66. The van der Waals surface area contributed by atoms with Crippen molar-refractivity contribution in [2.75, 3.05) is 6.54 Å². The van der Waals surface area contributed by atoms with Crippen molar-refractivity contribution in [1.29, 1.82) is 0 Å². The Morgan fingerprint density at radius 1 is 1.15 bits per heavy atom. The normalized spacial score (nSPS) is 22.3. The molecule has 0 radical (unpaired) electrons. The van der Waals surface area contributed by atoms with Crippen LogP contribution in [0.15, 0.2) is 30.4 Å². The average molecular weight is 770 g/mol. The number of unbranched alkanes of at least 4 members (excludes halogenated alkanes) is 3. The first kappa shape index (κ1) is 41.1. The summed E-state index contributed by atoms with van der Waals surface area (Å²) in [7, 11) is 0. The molecule has 296 valence electrons. The number of nitrogens with one attached hydrogen (secondary N) is 2. The standard InChI is InChI=1S/C40H56FN5O7S/c1-23(2)51-33-21-32(27-15-16-29(41)24(3)34(27)44-33)52-26-20-31(35(42)47)46(22-26)37(49)30(43-38(50)53-39(4,5)6)14-12-10-8-9-11-13-25-19-28(25)36(48)45-54-40(7)17-18-40/h11,13,15-16,21,23,25-26,28,30-31H,8-10,12,14,17-20,22H2,1-7H3,(H2,42,47)(H,43,50)(H,45,48)/b13-11-/t25?,26-,28?,30+,31?/m1/s1. The fraction of sp³-hybridized carbons (Fsp3) is 0.625. The molecule has 3 aliphatic rings. The zero-order chi connectivity index (χ0) is 39.4. The highest BCUT2D eigenvalue weighted by molar-refractivity contribution is 7.99. The summed E-state index contributed by atoms with van der Waals surface area (Å²) in [5.41, 5.74) is 5.76. The third-order valence-electron chi connectivity index (χ3n) is 9.90. The van der Waals surface area contributed by atoms with Gasteiger partial charge in [0.25, 0.3) is 0 Å². The Kier molecular flexibility index (Phi) is 13.1. The van der Waals surface area contributed by atoms with Crippen LogP contribution in [0.2, 0.25) is 0 Å². The highest BCUT2D eigenvalue weighted by Crippen LogP contribution is 2.47. The number of fused-ring (bicyclic) bond motifs is 1. The zero-order valence-corrected chi connectivity index (χ0v) is 33.4. The van der Waals surface area contributed by atoms with Gasteiger partial charge in [0.05, 0.1) is 18.2 Å². The first-order valence-electron chi connectivity index (χ1n) is 19.1. The summed E-state index contributed by atoms with van der Waals surface area (Å²) in [6.45, 7) is 12.7. The summed E-state index contributed by atoms with van der Waals surface area (Å²) >= 11 is 1.55. The maximum absolute atomic E-state index is 14.5. The van der Waals surface area contributed by atoms with Crippen LogP contribution in [0.4, 0.5) is 9.18 Å². The number of halogens is 1. The van der Waals surface area contributed by atoms with Crippen molar-refractivity contribution >= 4 is 46.7 Å². The molecule has 54 heavy (non-hydrogen) atoms. The summed E-state index contributed by atoms with van der Waals surface area (Å²) in [4.78, 5) is 58.1. The van der Waals surface area contributed by atoms with Crippen LogP contribution in [0.1, 0.15) is 105 Å². The molecule has 4 N–H and O–H groups in total. The predicted molar refractivity (Wildman–Crippen MR) is 206 cm³/mol. The third-order valence-corrected chi connectivity index (χ3v) is 11.1. The minimum atomic E-state index is -0.974. The van der Waals surface area contributed by atoms with Gasteiger partial charge < -0.3 is 30.2 Å². The van der Waals surface area contributed by atoms with E-state index in [1.54, 1.807) is 51.8 Å². The van der Waals surface area contributed by atoms with Gasteiger partial charge in [0.15, 0.2) is 0 Å². The van der Waals surface area contributed by atoms with E-state index in [0.29, 0.717) is 35.1 Å². The number of nitrogens with zero attached hydrogens (tertiary/aromatic N) is 2. The van der Waals surface area contributed by atoms with Crippen molar-refractivity contribution in [2.24, 2.45) is 17.6 Å². The number of primary amides is 1. The Labute approximate surface area is 322 Å². The second-order valence-corrected chi connectivity index (χ2v) is 17.8. The van der Waals surface area contributed by atoms with Crippen molar-refractivity contribution in [2.45, 2.75) is 141 Å². The molecule has 3 unspecified atom stereocenters. The largest absolute Gasteiger partial charge is 0.488 e. The highest BCUT2D eigenvalue weighted by Gasteiger charge is 2.45. The van der Waals surface area contributed by atoms with E-state index in [0.717, 1.165) is 38.5 Å². The van der Waals surface area contributed by atoms with Gasteiger partial charge in [0.2, 0.25) is 23.6 Å². The van der Waals surface area contributed by atoms with E-state index in [1.807, 2.05) is 13.8 Å².